The maximum absolute atomic E-state index is 12.7. The number of carbonyl (C=O) groups excluding carboxylic acids is 2. The predicted octanol–water partition coefficient (Wildman–Crippen LogP) is 3.68. The Morgan fingerprint density at radius 2 is 1.84 bits per heavy atom. The number of Topliss-reactive ketones (excluding diaryl/α,β-unsaturated/α-hetero) is 1. The number of ketones is 1. The minimum atomic E-state index is -3.84. The molecule has 3 rings (SSSR count). The number of sulfonamides is 1. The third kappa shape index (κ3) is 5.71. The van der Waals surface area contributed by atoms with Crippen molar-refractivity contribution in [2.24, 2.45) is 5.14 Å². The summed E-state index contributed by atoms with van der Waals surface area (Å²) < 4.78 is 29.9. The van der Waals surface area contributed by atoms with Crippen LogP contribution in [0.4, 0.5) is 0 Å². The SMILES string of the molecule is Cc1cc(C(=O)COC(=O)c2ccc(S(N)(=O)=O)cc2)c(C)n1CCC1=CCCCC1. The highest BCUT2D eigenvalue weighted by Gasteiger charge is 2.19. The van der Waals surface area contributed by atoms with Crippen molar-refractivity contribution in [2.75, 3.05) is 6.61 Å². The van der Waals surface area contributed by atoms with Crippen LogP contribution >= 0.6 is 0 Å². The molecule has 1 aromatic heterocycles. The summed E-state index contributed by atoms with van der Waals surface area (Å²) in [4.78, 5) is 24.8. The van der Waals surface area contributed by atoms with Gasteiger partial charge in [0.1, 0.15) is 0 Å². The monoisotopic (exact) mass is 444 g/mol. The summed E-state index contributed by atoms with van der Waals surface area (Å²) in [5, 5.41) is 5.04. The van der Waals surface area contributed by atoms with Gasteiger partial charge in [0.05, 0.1) is 10.5 Å². The van der Waals surface area contributed by atoms with Gasteiger partial charge in [0.2, 0.25) is 15.8 Å². The lowest BCUT2D eigenvalue weighted by atomic mass is 9.97. The number of aromatic nitrogens is 1. The highest BCUT2D eigenvalue weighted by Crippen LogP contribution is 2.23. The van der Waals surface area contributed by atoms with Gasteiger partial charge in [0.25, 0.3) is 0 Å². The number of carbonyl (C=O) groups is 2. The Labute approximate surface area is 182 Å². The number of hydrogen-bond acceptors (Lipinski definition) is 5. The number of aryl methyl sites for hydroxylation is 1. The van der Waals surface area contributed by atoms with E-state index in [-0.39, 0.29) is 22.8 Å². The van der Waals surface area contributed by atoms with Crippen molar-refractivity contribution in [3.63, 3.8) is 0 Å². The fourth-order valence-electron chi connectivity index (χ4n) is 3.89. The molecule has 0 saturated carbocycles. The summed E-state index contributed by atoms with van der Waals surface area (Å²) in [5.74, 6) is -0.974. The van der Waals surface area contributed by atoms with Gasteiger partial charge in [-0.25, -0.2) is 18.4 Å². The molecule has 166 valence electrons. The summed E-state index contributed by atoms with van der Waals surface area (Å²) >= 11 is 0. The lowest BCUT2D eigenvalue weighted by Crippen LogP contribution is -2.16. The van der Waals surface area contributed by atoms with Gasteiger partial charge in [-0.05, 0) is 76.3 Å². The first-order chi connectivity index (χ1) is 14.7. The fraction of sp³-hybridized carbons (Fsp3) is 0.391. The lowest BCUT2D eigenvalue weighted by molar-refractivity contribution is 0.0474. The van der Waals surface area contributed by atoms with E-state index in [1.807, 2.05) is 19.9 Å². The zero-order chi connectivity index (χ0) is 22.6. The van der Waals surface area contributed by atoms with Gasteiger partial charge in [-0.3, -0.25) is 4.79 Å². The number of hydrogen-bond donors (Lipinski definition) is 1. The zero-order valence-electron chi connectivity index (χ0n) is 17.9. The highest BCUT2D eigenvalue weighted by atomic mass is 32.2. The third-order valence-electron chi connectivity index (χ3n) is 5.67. The molecule has 2 aromatic rings. The van der Waals surface area contributed by atoms with Gasteiger partial charge in [-0.1, -0.05) is 11.6 Å². The average molecular weight is 445 g/mol. The molecular weight excluding hydrogens is 416 g/mol. The quantitative estimate of drug-likeness (QED) is 0.379. The first kappa shape index (κ1) is 23.0. The Kier molecular flexibility index (Phi) is 7.12. The van der Waals surface area contributed by atoms with Crippen molar-refractivity contribution in [1.29, 1.82) is 0 Å². The van der Waals surface area contributed by atoms with Gasteiger partial charge in [-0.15, -0.1) is 0 Å². The maximum atomic E-state index is 12.7. The highest BCUT2D eigenvalue weighted by molar-refractivity contribution is 7.89. The molecule has 2 N–H and O–H groups in total. The number of primary sulfonamides is 1. The second kappa shape index (κ2) is 9.62. The van der Waals surface area contributed by atoms with Crippen LogP contribution in [0.2, 0.25) is 0 Å². The summed E-state index contributed by atoms with van der Waals surface area (Å²) in [6.45, 7) is 4.32. The fourth-order valence-corrected chi connectivity index (χ4v) is 4.40. The largest absolute Gasteiger partial charge is 0.454 e. The smallest absolute Gasteiger partial charge is 0.338 e. The molecule has 1 aliphatic carbocycles. The van der Waals surface area contributed by atoms with Gasteiger partial charge >= 0.3 is 5.97 Å². The van der Waals surface area contributed by atoms with Crippen LogP contribution in [0.1, 0.15) is 64.2 Å². The Hall–Kier alpha value is -2.71. The van der Waals surface area contributed by atoms with E-state index in [0.717, 1.165) is 37.2 Å². The Morgan fingerprint density at radius 3 is 2.45 bits per heavy atom. The molecule has 1 aromatic carbocycles. The van der Waals surface area contributed by atoms with Crippen LogP contribution in [0.5, 0.6) is 0 Å². The average Bonchev–Trinajstić information content (AvgIpc) is 3.04. The molecule has 0 radical (unpaired) electrons. The van der Waals surface area contributed by atoms with Crippen molar-refractivity contribution in [1.82, 2.24) is 4.57 Å². The Bertz CT molecular complexity index is 1110. The molecule has 1 heterocycles. The normalized spacial score (nSPS) is 14.2. The van der Waals surface area contributed by atoms with Crippen molar-refractivity contribution < 1.29 is 22.7 Å². The minimum Gasteiger partial charge on any atom is -0.454 e. The minimum absolute atomic E-state index is 0.100. The van der Waals surface area contributed by atoms with E-state index in [1.54, 1.807) is 0 Å². The molecule has 0 aliphatic heterocycles. The molecule has 0 atom stereocenters. The van der Waals surface area contributed by atoms with E-state index >= 15 is 0 Å². The number of rotatable bonds is 8. The zero-order valence-corrected chi connectivity index (χ0v) is 18.7. The van der Waals surface area contributed by atoms with E-state index in [4.69, 9.17) is 9.88 Å². The van der Waals surface area contributed by atoms with Crippen molar-refractivity contribution >= 4 is 21.8 Å². The van der Waals surface area contributed by atoms with Gasteiger partial charge < -0.3 is 9.30 Å². The van der Waals surface area contributed by atoms with Gasteiger partial charge in [0.15, 0.2) is 6.61 Å². The second-order valence-electron chi connectivity index (χ2n) is 7.86. The van der Waals surface area contributed by atoms with Crippen LogP contribution in [0, 0.1) is 13.8 Å². The molecule has 0 unspecified atom stereocenters. The number of ether oxygens (including phenoxy) is 1. The van der Waals surface area contributed by atoms with Crippen LogP contribution in [0.25, 0.3) is 0 Å². The first-order valence-corrected chi connectivity index (χ1v) is 11.9. The predicted molar refractivity (Wildman–Crippen MR) is 118 cm³/mol. The van der Waals surface area contributed by atoms with E-state index in [0.29, 0.717) is 5.56 Å². The first-order valence-electron chi connectivity index (χ1n) is 10.3. The molecular formula is C23H28N2O5S. The summed E-state index contributed by atoms with van der Waals surface area (Å²) in [7, 11) is -3.84. The van der Waals surface area contributed by atoms with Crippen LogP contribution in [-0.4, -0.2) is 31.3 Å². The number of nitrogens with zero attached hydrogens (tertiary/aromatic N) is 1. The number of benzene rings is 1. The van der Waals surface area contributed by atoms with Crippen LogP contribution < -0.4 is 5.14 Å². The molecule has 0 spiro atoms. The molecule has 0 bridgehead atoms. The maximum Gasteiger partial charge on any atom is 0.338 e. The Morgan fingerprint density at radius 1 is 1.13 bits per heavy atom. The molecule has 1 aliphatic rings. The second-order valence-corrected chi connectivity index (χ2v) is 9.42. The van der Waals surface area contributed by atoms with Crippen LogP contribution in [0.3, 0.4) is 0 Å². The summed E-state index contributed by atoms with van der Waals surface area (Å²) in [6, 6.07) is 6.89. The van der Waals surface area contributed by atoms with Crippen LogP contribution in [0.15, 0.2) is 46.9 Å². The van der Waals surface area contributed by atoms with Gasteiger partial charge in [-0.2, -0.15) is 0 Å². The molecule has 7 nitrogen and oxygen atoms in total. The third-order valence-corrected chi connectivity index (χ3v) is 6.60. The molecule has 8 heteroatoms. The molecule has 0 amide bonds. The molecule has 0 fully saturated rings. The van der Waals surface area contributed by atoms with E-state index < -0.39 is 16.0 Å². The van der Waals surface area contributed by atoms with Crippen molar-refractivity contribution in [3.8, 4) is 0 Å². The van der Waals surface area contributed by atoms with Crippen molar-refractivity contribution in [2.45, 2.75) is 57.4 Å². The van der Waals surface area contributed by atoms with Crippen molar-refractivity contribution in [3.05, 3.63) is 64.5 Å². The van der Waals surface area contributed by atoms with Gasteiger partial charge in [0, 0.05) is 23.5 Å². The number of allylic oxidation sites excluding steroid dienone is 2. The summed E-state index contributed by atoms with van der Waals surface area (Å²) in [6.07, 6.45) is 8.12. The number of esters is 1. The van der Waals surface area contributed by atoms with Crippen LogP contribution in [-0.2, 0) is 21.3 Å². The van der Waals surface area contributed by atoms with E-state index in [1.165, 1.54) is 42.7 Å². The standard InChI is InChI=1S/C23H28N2O5S/c1-16-14-21(17(2)25(16)13-12-18-6-4-3-5-7-18)22(26)15-30-23(27)19-8-10-20(11-9-19)31(24,28)29/h6,8-11,14H,3-5,7,12-13,15H2,1-2H3,(H2,24,28,29). The van der Waals surface area contributed by atoms with E-state index in [2.05, 4.69) is 10.6 Å². The number of nitrogens with two attached hydrogens (primary N) is 1. The summed E-state index contributed by atoms with van der Waals surface area (Å²) in [5.41, 5.74) is 4.04. The lowest BCUT2D eigenvalue weighted by Gasteiger charge is -2.15. The Balaban J connectivity index is 1.61. The van der Waals surface area contributed by atoms with E-state index in [9.17, 15) is 18.0 Å². The molecule has 31 heavy (non-hydrogen) atoms. The topological polar surface area (TPSA) is 108 Å². The molecule has 0 saturated heterocycles.